The van der Waals surface area contributed by atoms with Crippen molar-refractivity contribution >= 4 is 11.8 Å². The lowest BCUT2D eigenvalue weighted by Gasteiger charge is -2.13. The molecule has 0 bridgehead atoms. The van der Waals surface area contributed by atoms with E-state index in [4.69, 9.17) is 4.74 Å². The number of ether oxygens (including phenoxy) is 1. The number of anilines is 1. The lowest BCUT2D eigenvalue weighted by molar-refractivity contribution is 0.181. The van der Waals surface area contributed by atoms with Gasteiger partial charge in [-0.1, -0.05) is 18.2 Å². The summed E-state index contributed by atoms with van der Waals surface area (Å²) in [6.45, 7) is 4.67. The Bertz CT molecular complexity index is 655. The molecule has 3 rings (SSSR count). The standard InChI is InChI=1S/C17H19N3O2/c1-13-15(3-2-8-19-13)12-18-11-14-4-6-16(7-5-14)20-9-10-22-17(20)21/h2-8,18H,9-12H2,1H3. The molecule has 114 valence electrons. The zero-order chi connectivity index (χ0) is 15.4. The summed E-state index contributed by atoms with van der Waals surface area (Å²) in [5, 5.41) is 3.41. The lowest BCUT2D eigenvalue weighted by atomic mass is 10.1. The highest BCUT2D eigenvalue weighted by atomic mass is 16.6. The molecule has 1 aromatic carbocycles. The van der Waals surface area contributed by atoms with Crippen molar-refractivity contribution in [3.8, 4) is 0 Å². The van der Waals surface area contributed by atoms with E-state index in [0.717, 1.165) is 24.5 Å². The fourth-order valence-electron chi connectivity index (χ4n) is 2.47. The first kappa shape index (κ1) is 14.5. The van der Waals surface area contributed by atoms with Crippen LogP contribution in [0.15, 0.2) is 42.6 Å². The lowest BCUT2D eigenvalue weighted by Crippen LogP contribution is -2.23. The van der Waals surface area contributed by atoms with E-state index >= 15 is 0 Å². The Morgan fingerprint density at radius 3 is 2.73 bits per heavy atom. The molecular weight excluding hydrogens is 278 g/mol. The smallest absolute Gasteiger partial charge is 0.414 e. The SMILES string of the molecule is Cc1ncccc1CNCc1ccc(N2CCOC2=O)cc1. The highest BCUT2D eigenvalue weighted by molar-refractivity contribution is 5.89. The maximum Gasteiger partial charge on any atom is 0.414 e. The van der Waals surface area contributed by atoms with Crippen LogP contribution in [-0.4, -0.2) is 24.2 Å². The average Bonchev–Trinajstić information content (AvgIpc) is 2.96. The highest BCUT2D eigenvalue weighted by Crippen LogP contribution is 2.19. The molecule has 0 unspecified atom stereocenters. The normalized spacial score (nSPS) is 14.2. The summed E-state index contributed by atoms with van der Waals surface area (Å²) in [4.78, 5) is 17.4. The largest absolute Gasteiger partial charge is 0.447 e. The number of carbonyl (C=O) groups excluding carboxylic acids is 1. The molecule has 2 heterocycles. The summed E-state index contributed by atoms with van der Waals surface area (Å²) in [6.07, 6.45) is 1.54. The Morgan fingerprint density at radius 1 is 1.23 bits per heavy atom. The topological polar surface area (TPSA) is 54.5 Å². The van der Waals surface area contributed by atoms with Gasteiger partial charge in [0.1, 0.15) is 6.61 Å². The molecule has 5 nitrogen and oxygen atoms in total. The number of rotatable bonds is 5. The molecule has 0 spiro atoms. The molecular formula is C17H19N3O2. The van der Waals surface area contributed by atoms with Gasteiger partial charge in [0.15, 0.2) is 0 Å². The number of hydrogen-bond donors (Lipinski definition) is 1. The van der Waals surface area contributed by atoms with E-state index in [1.807, 2.05) is 37.3 Å². The molecule has 0 aliphatic carbocycles. The quantitative estimate of drug-likeness (QED) is 0.922. The van der Waals surface area contributed by atoms with Crippen LogP contribution in [0.4, 0.5) is 10.5 Å². The third-order valence-corrected chi connectivity index (χ3v) is 3.77. The van der Waals surface area contributed by atoms with Crippen LogP contribution in [0.25, 0.3) is 0 Å². The predicted molar refractivity (Wildman–Crippen MR) is 84.7 cm³/mol. The number of hydrogen-bond acceptors (Lipinski definition) is 4. The summed E-state index contributed by atoms with van der Waals surface area (Å²) in [6, 6.07) is 12.0. The van der Waals surface area contributed by atoms with Crippen molar-refractivity contribution in [3.63, 3.8) is 0 Å². The van der Waals surface area contributed by atoms with Gasteiger partial charge < -0.3 is 10.1 Å². The summed E-state index contributed by atoms with van der Waals surface area (Å²) in [5.41, 5.74) is 4.32. The van der Waals surface area contributed by atoms with Gasteiger partial charge in [0.2, 0.25) is 0 Å². The van der Waals surface area contributed by atoms with Gasteiger partial charge in [-0.05, 0) is 36.2 Å². The molecule has 2 aromatic rings. The van der Waals surface area contributed by atoms with Crippen LogP contribution in [0, 0.1) is 6.92 Å². The van der Waals surface area contributed by atoms with E-state index in [9.17, 15) is 4.79 Å². The molecule has 1 aliphatic rings. The summed E-state index contributed by atoms with van der Waals surface area (Å²) >= 11 is 0. The maximum absolute atomic E-state index is 11.5. The molecule has 1 fully saturated rings. The predicted octanol–water partition coefficient (Wildman–Crippen LogP) is 2.64. The number of aryl methyl sites for hydroxylation is 1. The van der Waals surface area contributed by atoms with Crippen LogP contribution in [-0.2, 0) is 17.8 Å². The Balaban J connectivity index is 1.55. The molecule has 1 N–H and O–H groups in total. The van der Waals surface area contributed by atoms with Crippen molar-refractivity contribution in [1.82, 2.24) is 10.3 Å². The first-order valence-corrected chi connectivity index (χ1v) is 7.38. The Morgan fingerprint density at radius 2 is 2.05 bits per heavy atom. The maximum atomic E-state index is 11.5. The minimum atomic E-state index is -0.266. The molecule has 1 amide bonds. The van der Waals surface area contributed by atoms with Crippen LogP contribution in [0.5, 0.6) is 0 Å². The number of cyclic esters (lactones) is 1. The average molecular weight is 297 g/mol. The van der Waals surface area contributed by atoms with E-state index in [0.29, 0.717) is 13.2 Å². The Labute approximate surface area is 129 Å². The van der Waals surface area contributed by atoms with E-state index < -0.39 is 0 Å². The van der Waals surface area contributed by atoms with E-state index in [1.165, 1.54) is 11.1 Å². The molecule has 0 atom stereocenters. The van der Waals surface area contributed by atoms with Gasteiger partial charge in [-0.3, -0.25) is 9.88 Å². The number of aromatic nitrogens is 1. The monoisotopic (exact) mass is 297 g/mol. The van der Waals surface area contributed by atoms with E-state index in [2.05, 4.69) is 16.4 Å². The van der Waals surface area contributed by atoms with Crippen molar-refractivity contribution < 1.29 is 9.53 Å². The van der Waals surface area contributed by atoms with Gasteiger partial charge in [0.05, 0.1) is 6.54 Å². The molecule has 1 saturated heterocycles. The molecule has 5 heteroatoms. The number of nitrogens with zero attached hydrogens (tertiary/aromatic N) is 2. The van der Waals surface area contributed by atoms with Gasteiger partial charge in [-0.2, -0.15) is 0 Å². The zero-order valence-corrected chi connectivity index (χ0v) is 12.6. The van der Waals surface area contributed by atoms with E-state index in [1.54, 1.807) is 11.1 Å². The van der Waals surface area contributed by atoms with Crippen LogP contribution in [0.2, 0.25) is 0 Å². The Kier molecular flexibility index (Phi) is 4.34. The third kappa shape index (κ3) is 3.26. The minimum absolute atomic E-state index is 0.266. The van der Waals surface area contributed by atoms with Crippen molar-refractivity contribution in [2.45, 2.75) is 20.0 Å². The van der Waals surface area contributed by atoms with E-state index in [-0.39, 0.29) is 6.09 Å². The fraction of sp³-hybridized carbons (Fsp3) is 0.294. The van der Waals surface area contributed by atoms with Gasteiger partial charge >= 0.3 is 6.09 Å². The summed E-state index contributed by atoms with van der Waals surface area (Å²) in [7, 11) is 0. The molecule has 1 aromatic heterocycles. The van der Waals surface area contributed by atoms with Crippen molar-refractivity contribution in [2.75, 3.05) is 18.1 Å². The van der Waals surface area contributed by atoms with Crippen LogP contribution < -0.4 is 10.2 Å². The molecule has 0 saturated carbocycles. The molecule has 0 radical (unpaired) electrons. The second kappa shape index (κ2) is 6.58. The number of nitrogens with one attached hydrogen (secondary N) is 1. The van der Waals surface area contributed by atoms with Crippen molar-refractivity contribution in [2.24, 2.45) is 0 Å². The van der Waals surface area contributed by atoms with Gasteiger partial charge in [-0.15, -0.1) is 0 Å². The van der Waals surface area contributed by atoms with Gasteiger partial charge in [-0.25, -0.2) is 4.79 Å². The molecule has 1 aliphatic heterocycles. The van der Waals surface area contributed by atoms with Crippen LogP contribution >= 0.6 is 0 Å². The van der Waals surface area contributed by atoms with Gasteiger partial charge in [0.25, 0.3) is 0 Å². The number of carbonyl (C=O) groups is 1. The van der Waals surface area contributed by atoms with Crippen LogP contribution in [0.1, 0.15) is 16.8 Å². The summed E-state index contributed by atoms with van der Waals surface area (Å²) < 4.78 is 4.94. The third-order valence-electron chi connectivity index (χ3n) is 3.77. The fourth-order valence-corrected chi connectivity index (χ4v) is 2.47. The first-order valence-electron chi connectivity index (χ1n) is 7.38. The second-order valence-corrected chi connectivity index (χ2v) is 5.28. The highest BCUT2D eigenvalue weighted by Gasteiger charge is 2.23. The molecule has 22 heavy (non-hydrogen) atoms. The summed E-state index contributed by atoms with van der Waals surface area (Å²) in [5.74, 6) is 0. The van der Waals surface area contributed by atoms with Crippen molar-refractivity contribution in [3.05, 3.63) is 59.4 Å². The zero-order valence-electron chi connectivity index (χ0n) is 12.6. The number of benzene rings is 1. The van der Waals surface area contributed by atoms with Crippen LogP contribution in [0.3, 0.4) is 0 Å². The second-order valence-electron chi connectivity index (χ2n) is 5.28. The number of amides is 1. The minimum Gasteiger partial charge on any atom is -0.447 e. The van der Waals surface area contributed by atoms with Crippen molar-refractivity contribution in [1.29, 1.82) is 0 Å². The number of pyridine rings is 1. The Hall–Kier alpha value is -2.40. The first-order chi connectivity index (χ1) is 10.7. The van der Waals surface area contributed by atoms with Gasteiger partial charge in [0, 0.05) is 30.7 Å².